The number of carbonyl (C=O) groups excluding carboxylic acids is 2. The number of esters is 1. The Balaban J connectivity index is 1.47. The summed E-state index contributed by atoms with van der Waals surface area (Å²) in [5.74, 6) is 0.617. The molecule has 5 rings (SSSR count). The van der Waals surface area contributed by atoms with Crippen molar-refractivity contribution in [3.63, 3.8) is 0 Å². The van der Waals surface area contributed by atoms with E-state index in [1.54, 1.807) is 20.3 Å². The first kappa shape index (κ1) is 21.1. The van der Waals surface area contributed by atoms with E-state index in [9.17, 15) is 9.59 Å². The van der Waals surface area contributed by atoms with Crippen LogP contribution in [-0.2, 0) is 29.4 Å². The van der Waals surface area contributed by atoms with Crippen molar-refractivity contribution in [2.45, 2.75) is 37.7 Å². The second kappa shape index (κ2) is 7.67. The highest BCUT2D eigenvalue weighted by Gasteiger charge is 2.56. The zero-order valence-electron chi connectivity index (χ0n) is 18.7. The summed E-state index contributed by atoms with van der Waals surface area (Å²) in [5.41, 5.74) is 0.853. The number of nitrogens with zero attached hydrogens (tertiary/aromatic N) is 1. The van der Waals surface area contributed by atoms with Crippen LogP contribution in [0.4, 0.5) is 5.69 Å². The fourth-order valence-electron chi connectivity index (χ4n) is 5.55. The molecule has 1 aromatic rings. The zero-order valence-corrected chi connectivity index (χ0v) is 18.7. The summed E-state index contributed by atoms with van der Waals surface area (Å²) in [4.78, 5) is 27.8. The molecule has 0 radical (unpaired) electrons. The summed E-state index contributed by atoms with van der Waals surface area (Å²) >= 11 is 0. The summed E-state index contributed by atoms with van der Waals surface area (Å²) in [7, 11) is 4.50. The summed E-state index contributed by atoms with van der Waals surface area (Å²) in [6, 6.07) is 3.59. The third-order valence-electron chi connectivity index (χ3n) is 7.32. The lowest BCUT2D eigenvalue weighted by Gasteiger charge is -2.52. The van der Waals surface area contributed by atoms with Gasteiger partial charge in [0.05, 0.1) is 45.0 Å². The van der Waals surface area contributed by atoms with Gasteiger partial charge in [0.1, 0.15) is 6.23 Å². The van der Waals surface area contributed by atoms with E-state index in [0.717, 1.165) is 12.1 Å². The number of fused-ring (bicyclic) bond motifs is 4. The van der Waals surface area contributed by atoms with Crippen LogP contribution in [0, 0.1) is 11.8 Å². The molecule has 2 fully saturated rings. The van der Waals surface area contributed by atoms with Crippen molar-refractivity contribution < 1.29 is 33.3 Å². The van der Waals surface area contributed by atoms with Gasteiger partial charge in [-0.3, -0.25) is 9.69 Å². The van der Waals surface area contributed by atoms with Gasteiger partial charge in [0, 0.05) is 43.0 Å². The standard InChI is InChI=1S/C23H28N2O7/c1-12-14-10-25-6-5-23(32-20(25)7-13(14)15(11-31-12)21(26)30-4)16-8-18(28-2)19(29-3)9-17(16)24-22(23)27/h8-9,11-14,20H,5-7,10H2,1-4H3,(H,24,27). The maximum absolute atomic E-state index is 13.2. The van der Waals surface area contributed by atoms with E-state index >= 15 is 0 Å². The molecule has 1 amide bonds. The monoisotopic (exact) mass is 444 g/mol. The van der Waals surface area contributed by atoms with Gasteiger partial charge in [-0.25, -0.2) is 4.79 Å². The third-order valence-corrected chi connectivity index (χ3v) is 7.32. The minimum atomic E-state index is -1.10. The first-order chi connectivity index (χ1) is 15.4. The Morgan fingerprint density at radius 1 is 1.22 bits per heavy atom. The van der Waals surface area contributed by atoms with Crippen LogP contribution in [-0.4, -0.2) is 63.5 Å². The molecule has 1 aromatic carbocycles. The molecule has 2 saturated heterocycles. The summed E-state index contributed by atoms with van der Waals surface area (Å²) < 4.78 is 28.2. The van der Waals surface area contributed by atoms with Gasteiger partial charge in [-0.15, -0.1) is 0 Å². The van der Waals surface area contributed by atoms with E-state index in [-0.39, 0.29) is 36.0 Å². The Morgan fingerprint density at radius 2 is 1.97 bits per heavy atom. The van der Waals surface area contributed by atoms with Gasteiger partial charge in [-0.05, 0) is 19.4 Å². The van der Waals surface area contributed by atoms with E-state index < -0.39 is 5.60 Å². The number of piperidine rings is 1. The molecule has 0 aromatic heterocycles. The molecule has 0 bridgehead atoms. The van der Waals surface area contributed by atoms with Crippen LogP contribution >= 0.6 is 0 Å². The average molecular weight is 444 g/mol. The number of hydrogen-bond donors (Lipinski definition) is 1. The lowest BCUT2D eigenvalue weighted by atomic mass is 9.75. The van der Waals surface area contributed by atoms with E-state index in [2.05, 4.69) is 10.2 Å². The molecule has 5 unspecified atom stereocenters. The van der Waals surface area contributed by atoms with Crippen molar-refractivity contribution >= 4 is 17.6 Å². The summed E-state index contributed by atoms with van der Waals surface area (Å²) in [5, 5.41) is 2.96. The van der Waals surface area contributed by atoms with Crippen LogP contribution in [0.5, 0.6) is 11.5 Å². The Morgan fingerprint density at radius 3 is 2.69 bits per heavy atom. The van der Waals surface area contributed by atoms with Crippen LogP contribution in [0.25, 0.3) is 0 Å². The van der Waals surface area contributed by atoms with Gasteiger partial charge in [-0.2, -0.15) is 0 Å². The smallest absolute Gasteiger partial charge is 0.337 e. The van der Waals surface area contributed by atoms with Gasteiger partial charge < -0.3 is 29.0 Å². The minimum absolute atomic E-state index is 0.0162. The topological polar surface area (TPSA) is 95.6 Å². The Kier molecular flexibility index (Phi) is 5.05. The zero-order chi connectivity index (χ0) is 22.6. The molecule has 172 valence electrons. The number of anilines is 1. The van der Waals surface area contributed by atoms with Crippen LogP contribution in [0.1, 0.15) is 25.3 Å². The number of hydrogen-bond acceptors (Lipinski definition) is 8. The molecule has 4 heterocycles. The maximum Gasteiger partial charge on any atom is 0.337 e. The lowest BCUT2D eigenvalue weighted by molar-refractivity contribution is -0.223. The number of methoxy groups -OCH3 is 3. The molecule has 4 aliphatic rings. The SMILES string of the molecule is COC(=O)C1=COC(C)C2CN3CCC4(OC3CC12)C(=O)Nc1cc(OC)c(OC)cc14. The van der Waals surface area contributed by atoms with E-state index in [4.69, 9.17) is 23.7 Å². The first-order valence-electron chi connectivity index (χ1n) is 10.9. The average Bonchev–Trinajstić information content (AvgIpc) is 3.06. The highest BCUT2D eigenvalue weighted by atomic mass is 16.5. The summed E-state index contributed by atoms with van der Waals surface area (Å²) in [6.07, 6.45) is 2.30. The van der Waals surface area contributed by atoms with Crippen molar-refractivity contribution in [2.75, 3.05) is 39.7 Å². The quantitative estimate of drug-likeness (QED) is 0.708. The lowest BCUT2D eigenvalue weighted by Crippen LogP contribution is -2.60. The highest BCUT2D eigenvalue weighted by Crippen LogP contribution is 2.51. The molecule has 0 aliphatic carbocycles. The van der Waals surface area contributed by atoms with Crippen molar-refractivity contribution in [3.05, 3.63) is 29.5 Å². The number of rotatable bonds is 3. The maximum atomic E-state index is 13.2. The fraction of sp³-hybridized carbons (Fsp3) is 0.565. The van der Waals surface area contributed by atoms with E-state index in [1.807, 2.05) is 13.0 Å². The molecule has 32 heavy (non-hydrogen) atoms. The minimum Gasteiger partial charge on any atom is -0.497 e. The largest absolute Gasteiger partial charge is 0.497 e. The van der Waals surface area contributed by atoms with Crippen LogP contribution in [0.2, 0.25) is 0 Å². The molecule has 0 saturated carbocycles. The fourth-order valence-corrected chi connectivity index (χ4v) is 5.55. The van der Waals surface area contributed by atoms with Crippen molar-refractivity contribution in [1.29, 1.82) is 0 Å². The number of carbonyl (C=O) groups is 2. The molecule has 1 spiro atoms. The van der Waals surface area contributed by atoms with Gasteiger partial charge in [0.2, 0.25) is 0 Å². The Hall–Kier alpha value is -2.78. The van der Waals surface area contributed by atoms with Gasteiger partial charge in [0.25, 0.3) is 5.91 Å². The predicted molar refractivity (Wildman–Crippen MR) is 113 cm³/mol. The molecular formula is C23H28N2O7. The molecule has 5 atom stereocenters. The molecule has 1 N–H and O–H groups in total. The van der Waals surface area contributed by atoms with Gasteiger partial charge >= 0.3 is 5.97 Å². The number of ether oxygens (including phenoxy) is 5. The van der Waals surface area contributed by atoms with Crippen LogP contribution in [0.15, 0.2) is 24.0 Å². The molecular weight excluding hydrogens is 416 g/mol. The second-order valence-electron chi connectivity index (χ2n) is 8.76. The second-order valence-corrected chi connectivity index (χ2v) is 8.76. The molecule has 4 aliphatic heterocycles. The van der Waals surface area contributed by atoms with Crippen LogP contribution < -0.4 is 14.8 Å². The Labute approximate surface area is 186 Å². The predicted octanol–water partition coefficient (Wildman–Crippen LogP) is 2.01. The van der Waals surface area contributed by atoms with E-state index in [0.29, 0.717) is 42.1 Å². The summed E-state index contributed by atoms with van der Waals surface area (Å²) in [6.45, 7) is 3.44. The Bertz CT molecular complexity index is 993. The van der Waals surface area contributed by atoms with E-state index in [1.165, 1.54) is 13.4 Å². The highest BCUT2D eigenvalue weighted by molar-refractivity contribution is 6.05. The van der Waals surface area contributed by atoms with Gasteiger partial charge in [-0.1, -0.05) is 0 Å². The van der Waals surface area contributed by atoms with Crippen molar-refractivity contribution in [1.82, 2.24) is 4.90 Å². The van der Waals surface area contributed by atoms with Gasteiger partial charge in [0.15, 0.2) is 17.1 Å². The number of nitrogens with one attached hydrogen (secondary N) is 1. The van der Waals surface area contributed by atoms with Crippen molar-refractivity contribution in [2.24, 2.45) is 11.8 Å². The molecule has 9 nitrogen and oxygen atoms in total. The van der Waals surface area contributed by atoms with Crippen LogP contribution in [0.3, 0.4) is 0 Å². The first-order valence-corrected chi connectivity index (χ1v) is 10.9. The number of benzene rings is 1. The third kappa shape index (κ3) is 2.98. The number of amides is 1. The molecule has 9 heteroatoms. The normalized spacial score (nSPS) is 33.2. The van der Waals surface area contributed by atoms with Crippen molar-refractivity contribution in [3.8, 4) is 11.5 Å².